The van der Waals surface area contributed by atoms with Crippen molar-refractivity contribution in [1.29, 1.82) is 5.26 Å². The van der Waals surface area contributed by atoms with Crippen LogP contribution in [0.2, 0.25) is 5.15 Å². The Bertz CT molecular complexity index is 539. The molecule has 2 rings (SSSR count). The Morgan fingerprint density at radius 3 is 2.62 bits per heavy atom. The topological polar surface area (TPSA) is 50.8 Å². The predicted molar refractivity (Wildman–Crippen MR) is 59.8 cm³/mol. The summed E-state index contributed by atoms with van der Waals surface area (Å²) in [6.45, 7) is 0. The van der Waals surface area contributed by atoms with Gasteiger partial charge in [-0.1, -0.05) is 11.6 Å². The second kappa shape index (κ2) is 4.25. The van der Waals surface area contributed by atoms with Gasteiger partial charge in [-0.25, -0.2) is 4.98 Å². The summed E-state index contributed by atoms with van der Waals surface area (Å²) < 4.78 is 6.68. The number of halogens is 1. The standard InChI is InChI=1S/C11H8ClN3O/c1-16-9-4-2-8(3-5-9)15-7-14-11(12)10(15)6-13/h2-5,7H,1H3. The highest BCUT2D eigenvalue weighted by atomic mass is 35.5. The third kappa shape index (κ3) is 1.73. The molecule has 0 aliphatic heterocycles. The second-order valence-corrected chi connectivity index (χ2v) is 3.42. The van der Waals surface area contributed by atoms with Gasteiger partial charge < -0.3 is 4.74 Å². The largest absolute Gasteiger partial charge is 0.497 e. The predicted octanol–water partition coefficient (Wildman–Crippen LogP) is 2.41. The minimum atomic E-state index is 0.207. The van der Waals surface area contributed by atoms with Crippen molar-refractivity contribution in [2.45, 2.75) is 0 Å². The number of ether oxygens (including phenoxy) is 1. The Morgan fingerprint density at radius 1 is 1.38 bits per heavy atom. The van der Waals surface area contributed by atoms with Gasteiger partial charge in [0.2, 0.25) is 0 Å². The smallest absolute Gasteiger partial charge is 0.165 e. The van der Waals surface area contributed by atoms with Gasteiger partial charge in [-0.15, -0.1) is 0 Å². The van der Waals surface area contributed by atoms with Crippen molar-refractivity contribution in [2.24, 2.45) is 0 Å². The Hall–Kier alpha value is -1.99. The van der Waals surface area contributed by atoms with Gasteiger partial charge in [0.25, 0.3) is 0 Å². The lowest BCUT2D eigenvalue weighted by Crippen LogP contribution is -1.95. The van der Waals surface area contributed by atoms with Crippen LogP contribution in [0.25, 0.3) is 5.69 Å². The van der Waals surface area contributed by atoms with Crippen molar-refractivity contribution in [3.8, 4) is 17.5 Å². The zero-order valence-electron chi connectivity index (χ0n) is 8.51. The maximum absolute atomic E-state index is 8.93. The third-order valence-corrected chi connectivity index (χ3v) is 2.46. The molecule has 0 fully saturated rings. The van der Waals surface area contributed by atoms with Gasteiger partial charge in [-0.2, -0.15) is 5.26 Å². The van der Waals surface area contributed by atoms with Gasteiger partial charge in [0.15, 0.2) is 10.8 Å². The van der Waals surface area contributed by atoms with Gasteiger partial charge in [0.1, 0.15) is 18.1 Å². The summed E-state index contributed by atoms with van der Waals surface area (Å²) in [4.78, 5) is 3.88. The van der Waals surface area contributed by atoms with E-state index in [1.165, 1.54) is 6.33 Å². The second-order valence-electron chi connectivity index (χ2n) is 3.06. The quantitative estimate of drug-likeness (QED) is 0.800. The van der Waals surface area contributed by atoms with Crippen LogP contribution in [0, 0.1) is 11.3 Å². The Balaban J connectivity index is 2.47. The zero-order valence-corrected chi connectivity index (χ0v) is 9.27. The number of benzene rings is 1. The molecule has 0 bridgehead atoms. The van der Waals surface area contributed by atoms with Crippen LogP contribution in [0.5, 0.6) is 5.75 Å². The number of methoxy groups -OCH3 is 1. The number of aromatic nitrogens is 2. The van der Waals surface area contributed by atoms with Crippen LogP contribution in [-0.2, 0) is 0 Å². The number of nitrogens with zero attached hydrogens (tertiary/aromatic N) is 3. The van der Waals surface area contributed by atoms with E-state index in [9.17, 15) is 0 Å². The van der Waals surface area contributed by atoms with E-state index in [1.54, 1.807) is 11.7 Å². The maximum Gasteiger partial charge on any atom is 0.165 e. The van der Waals surface area contributed by atoms with Crippen LogP contribution in [0.4, 0.5) is 0 Å². The lowest BCUT2D eigenvalue weighted by Gasteiger charge is -2.04. The summed E-state index contributed by atoms with van der Waals surface area (Å²) in [5.41, 5.74) is 1.14. The fourth-order valence-corrected chi connectivity index (χ4v) is 1.54. The van der Waals surface area contributed by atoms with Crippen LogP contribution >= 0.6 is 11.6 Å². The molecule has 0 saturated carbocycles. The first-order valence-corrected chi connectivity index (χ1v) is 4.91. The molecule has 5 heteroatoms. The van der Waals surface area contributed by atoms with E-state index in [2.05, 4.69) is 4.98 Å². The molecular formula is C11H8ClN3O. The van der Waals surface area contributed by atoms with Crippen molar-refractivity contribution in [1.82, 2.24) is 9.55 Å². The van der Waals surface area contributed by atoms with Gasteiger partial charge in [-0.05, 0) is 24.3 Å². The fourth-order valence-electron chi connectivity index (χ4n) is 1.37. The molecular weight excluding hydrogens is 226 g/mol. The summed E-state index contributed by atoms with van der Waals surface area (Å²) in [6.07, 6.45) is 1.52. The number of imidazole rings is 1. The maximum atomic E-state index is 8.93. The lowest BCUT2D eigenvalue weighted by molar-refractivity contribution is 0.414. The zero-order chi connectivity index (χ0) is 11.5. The molecule has 0 spiro atoms. The molecule has 1 aromatic carbocycles. The summed E-state index contributed by atoms with van der Waals surface area (Å²) in [5.74, 6) is 0.758. The number of hydrogen-bond donors (Lipinski definition) is 0. The molecule has 0 saturated heterocycles. The molecule has 0 aliphatic carbocycles. The molecule has 1 heterocycles. The number of hydrogen-bond acceptors (Lipinski definition) is 3. The Labute approximate surface area is 97.7 Å². The summed E-state index contributed by atoms with van der Waals surface area (Å²) >= 11 is 5.77. The summed E-state index contributed by atoms with van der Waals surface area (Å²) in [5, 5.41) is 9.14. The summed E-state index contributed by atoms with van der Waals surface area (Å²) in [7, 11) is 1.60. The highest BCUT2D eigenvalue weighted by molar-refractivity contribution is 6.30. The normalized spacial score (nSPS) is 9.81. The van der Waals surface area contributed by atoms with Crippen molar-refractivity contribution in [3.05, 3.63) is 41.4 Å². The van der Waals surface area contributed by atoms with Crippen LogP contribution in [0.15, 0.2) is 30.6 Å². The fraction of sp³-hybridized carbons (Fsp3) is 0.0909. The molecule has 4 nitrogen and oxygen atoms in total. The molecule has 80 valence electrons. The molecule has 1 aromatic heterocycles. The molecule has 0 amide bonds. The first-order valence-electron chi connectivity index (χ1n) is 4.53. The molecule has 0 aliphatic rings. The molecule has 0 radical (unpaired) electrons. The number of rotatable bonds is 2. The van der Waals surface area contributed by atoms with E-state index in [0.717, 1.165) is 11.4 Å². The Morgan fingerprint density at radius 2 is 2.06 bits per heavy atom. The molecule has 0 atom stereocenters. The third-order valence-electron chi connectivity index (χ3n) is 2.18. The van der Waals surface area contributed by atoms with Gasteiger partial charge in [0, 0.05) is 5.69 Å². The van der Waals surface area contributed by atoms with Crippen molar-refractivity contribution in [2.75, 3.05) is 7.11 Å². The Kier molecular flexibility index (Phi) is 2.80. The monoisotopic (exact) mass is 233 g/mol. The van der Waals surface area contributed by atoms with E-state index >= 15 is 0 Å². The van der Waals surface area contributed by atoms with E-state index in [0.29, 0.717) is 5.69 Å². The van der Waals surface area contributed by atoms with Gasteiger partial charge in [-0.3, -0.25) is 4.57 Å². The van der Waals surface area contributed by atoms with Crippen LogP contribution in [0.3, 0.4) is 0 Å². The van der Waals surface area contributed by atoms with Crippen molar-refractivity contribution < 1.29 is 4.74 Å². The van der Waals surface area contributed by atoms with Crippen LogP contribution in [0.1, 0.15) is 5.69 Å². The lowest BCUT2D eigenvalue weighted by atomic mass is 10.3. The van der Waals surface area contributed by atoms with Gasteiger partial charge in [0.05, 0.1) is 7.11 Å². The highest BCUT2D eigenvalue weighted by Gasteiger charge is 2.09. The first-order chi connectivity index (χ1) is 7.76. The SMILES string of the molecule is COc1ccc(-n2cnc(Cl)c2C#N)cc1. The van der Waals surface area contributed by atoms with E-state index < -0.39 is 0 Å². The minimum absolute atomic E-state index is 0.207. The average Bonchev–Trinajstić information content (AvgIpc) is 2.70. The molecule has 2 aromatic rings. The van der Waals surface area contributed by atoms with Crippen molar-refractivity contribution in [3.63, 3.8) is 0 Å². The summed E-state index contributed by atoms with van der Waals surface area (Å²) in [6, 6.07) is 9.29. The van der Waals surface area contributed by atoms with E-state index in [-0.39, 0.29) is 5.15 Å². The molecule has 16 heavy (non-hydrogen) atoms. The highest BCUT2D eigenvalue weighted by Crippen LogP contribution is 2.20. The van der Waals surface area contributed by atoms with Crippen LogP contribution in [-0.4, -0.2) is 16.7 Å². The minimum Gasteiger partial charge on any atom is -0.497 e. The van der Waals surface area contributed by atoms with Crippen molar-refractivity contribution >= 4 is 11.6 Å². The van der Waals surface area contributed by atoms with Gasteiger partial charge >= 0.3 is 0 Å². The van der Waals surface area contributed by atoms with Crippen LogP contribution < -0.4 is 4.74 Å². The van der Waals surface area contributed by atoms with E-state index in [4.69, 9.17) is 21.6 Å². The van der Waals surface area contributed by atoms with E-state index in [1.807, 2.05) is 30.3 Å². The average molecular weight is 234 g/mol. The number of nitriles is 1. The molecule has 0 unspecified atom stereocenters. The molecule has 0 N–H and O–H groups in total. The first kappa shape index (κ1) is 10.5.